The number of rotatable bonds is 7. The molecule has 0 unspecified atom stereocenters. The molecule has 0 aliphatic heterocycles. The minimum atomic E-state index is -3.32. The van der Waals surface area contributed by atoms with Gasteiger partial charge in [-0.2, -0.15) is 0 Å². The van der Waals surface area contributed by atoms with Crippen LogP contribution in [0.2, 0.25) is 0 Å². The van der Waals surface area contributed by atoms with Crippen LogP contribution in [0.3, 0.4) is 0 Å². The molecule has 0 spiro atoms. The monoisotopic (exact) mass is 471 g/mol. The molecule has 0 atom stereocenters. The summed E-state index contributed by atoms with van der Waals surface area (Å²) in [6.07, 6.45) is 5.41. The molecule has 9 nitrogen and oxygen atoms in total. The Labute approximate surface area is 192 Å². The van der Waals surface area contributed by atoms with E-state index >= 15 is 0 Å². The first-order chi connectivity index (χ1) is 15.3. The molecule has 3 aromatic rings. The molecule has 0 saturated heterocycles. The van der Waals surface area contributed by atoms with Gasteiger partial charge in [0.15, 0.2) is 20.8 Å². The van der Waals surface area contributed by atoms with Gasteiger partial charge in [0.05, 0.1) is 12.2 Å². The predicted molar refractivity (Wildman–Crippen MR) is 129 cm³/mol. The van der Waals surface area contributed by atoms with Gasteiger partial charge in [0.1, 0.15) is 16.4 Å². The van der Waals surface area contributed by atoms with Crippen LogP contribution in [0.4, 0.5) is 11.5 Å². The average Bonchev–Trinajstić information content (AvgIpc) is 3.25. The predicted octanol–water partition coefficient (Wildman–Crippen LogP) is 2.75. The Bertz CT molecular complexity index is 1210. The number of nitrogens with two attached hydrogens (primary N) is 1. The lowest BCUT2D eigenvalue weighted by Gasteiger charge is -2.40. The Morgan fingerprint density at radius 3 is 2.59 bits per heavy atom. The summed E-state index contributed by atoms with van der Waals surface area (Å²) in [5.41, 5.74) is 8.05. The largest absolute Gasteiger partial charge is 0.384 e. The number of aromatic amines is 1. The number of H-pyrrole nitrogens is 1. The Hall–Kier alpha value is -3.05. The second-order valence-corrected chi connectivity index (χ2v) is 10.7. The summed E-state index contributed by atoms with van der Waals surface area (Å²) in [5.74, 6) is 1.52. The standard InChI is InChI=1S/C21H25N7O2S2/c1-2-32(29,30)21(8-3-9-21)16-12-17(22)28-19(27-16)14-4-6-15(7-5-14)26-20(31)25-13-18-23-10-11-24-18/h4-7,10-12H,2-3,8-9,13H2,1H3,(H,23,24)(H2,22,27,28)(H2,25,26,31). The SMILES string of the molecule is CCS(=O)(=O)C1(c2cc(N)nc(-c3ccc(NC(=S)NCc4ncc[nH]4)cc3)n2)CCC1. The summed E-state index contributed by atoms with van der Waals surface area (Å²) < 4.78 is 24.7. The van der Waals surface area contributed by atoms with Crippen molar-refractivity contribution in [3.05, 3.63) is 54.2 Å². The van der Waals surface area contributed by atoms with Gasteiger partial charge in [-0.15, -0.1) is 0 Å². The summed E-state index contributed by atoms with van der Waals surface area (Å²) in [7, 11) is -3.32. The van der Waals surface area contributed by atoms with Gasteiger partial charge in [-0.1, -0.05) is 6.92 Å². The fraction of sp³-hybridized carbons (Fsp3) is 0.333. The molecule has 11 heteroatoms. The molecule has 1 fully saturated rings. The quantitative estimate of drug-likeness (QED) is 0.383. The highest BCUT2D eigenvalue weighted by Crippen LogP contribution is 2.48. The van der Waals surface area contributed by atoms with Gasteiger partial charge in [-0.3, -0.25) is 0 Å². The van der Waals surface area contributed by atoms with Gasteiger partial charge >= 0.3 is 0 Å². The van der Waals surface area contributed by atoms with Crippen LogP contribution in [-0.4, -0.2) is 39.2 Å². The Balaban J connectivity index is 1.51. The van der Waals surface area contributed by atoms with Crippen molar-refractivity contribution in [1.29, 1.82) is 0 Å². The Morgan fingerprint density at radius 2 is 2.00 bits per heavy atom. The summed E-state index contributed by atoms with van der Waals surface area (Å²) in [6, 6.07) is 8.99. The van der Waals surface area contributed by atoms with Crippen molar-refractivity contribution in [2.24, 2.45) is 0 Å². The maximum Gasteiger partial charge on any atom is 0.171 e. The van der Waals surface area contributed by atoms with E-state index in [-0.39, 0.29) is 11.6 Å². The van der Waals surface area contributed by atoms with E-state index < -0.39 is 14.6 Å². The number of hydrogen-bond donors (Lipinski definition) is 4. The van der Waals surface area contributed by atoms with Gasteiger partial charge < -0.3 is 21.4 Å². The third kappa shape index (κ3) is 4.30. The van der Waals surface area contributed by atoms with Gasteiger partial charge in [0.2, 0.25) is 0 Å². The minimum Gasteiger partial charge on any atom is -0.384 e. The summed E-state index contributed by atoms with van der Waals surface area (Å²) in [6.45, 7) is 2.15. The third-order valence-electron chi connectivity index (χ3n) is 5.72. The van der Waals surface area contributed by atoms with E-state index in [1.165, 1.54) is 0 Å². The zero-order valence-electron chi connectivity index (χ0n) is 17.6. The summed E-state index contributed by atoms with van der Waals surface area (Å²) in [4.78, 5) is 16.1. The molecule has 0 amide bonds. The Kier molecular flexibility index (Phi) is 6.11. The molecule has 1 aromatic carbocycles. The maximum absolute atomic E-state index is 12.8. The zero-order chi connectivity index (χ0) is 22.8. The molecule has 5 N–H and O–H groups in total. The molecular weight excluding hydrogens is 446 g/mol. The minimum absolute atomic E-state index is 0.0699. The second kappa shape index (κ2) is 8.83. The number of nitrogens with one attached hydrogen (secondary N) is 3. The van der Waals surface area contributed by atoms with Gasteiger partial charge in [-0.05, 0) is 55.7 Å². The van der Waals surface area contributed by atoms with E-state index in [9.17, 15) is 8.42 Å². The van der Waals surface area contributed by atoms with Crippen molar-refractivity contribution in [3.8, 4) is 11.4 Å². The molecule has 1 saturated carbocycles. The maximum atomic E-state index is 12.8. The summed E-state index contributed by atoms with van der Waals surface area (Å²) in [5, 5.41) is 6.65. The molecule has 168 valence electrons. The van der Waals surface area contributed by atoms with Crippen molar-refractivity contribution in [2.45, 2.75) is 37.5 Å². The number of imidazole rings is 1. The molecule has 1 aliphatic carbocycles. The number of benzene rings is 1. The van der Waals surface area contributed by atoms with Crippen molar-refractivity contribution in [1.82, 2.24) is 25.3 Å². The fourth-order valence-electron chi connectivity index (χ4n) is 3.77. The molecular formula is C21H25N7O2S2. The highest BCUT2D eigenvalue weighted by Gasteiger charge is 2.50. The molecule has 2 heterocycles. The van der Waals surface area contributed by atoms with Crippen LogP contribution in [0.1, 0.15) is 37.7 Å². The third-order valence-corrected chi connectivity index (χ3v) is 8.54. The van der Waals surface area contributed by atoms with Crippen LogP contribution >= 0.6 is 12.2 Å². The first-order valence-corrected chi connectivity index (χ1v) is 12.4. The number of aromatic nitrogens is 4. The van der Waals surface area contributed by atoms with Crippen molar-refractivity contribution < 1.29 is 8.42 Å². The van der Waals surface area contributed by atoms with E-state index in [0.717, 1.165) is 23.5 Å². The number of nitrogen functional groups attached to an aromatic ring is 1. The number of thiocarbonyl (C=S) groups is 1. The van der Waals surface area contributed by atoms with Crippen molar-refractivity contribution in [3.63, 3.8) is 0 Å². The second-order valence-electron chi connectivity index (χ2n) is 7.67. The van der Waals surface area contributed by atoms with Crippen LogP contribution in [0.25, 0.3) is 11.4 Å². The molecule has 1 aliphatic rings. The van der Waals surface area contributed by atoms with Crippen molar-refractivity contribution in [2.75, 3.05) is 16.8 Å². The van der Waals surface area contributed by atoms with E-state index in [1.807, 2.05) is 24.3 Å². The lowest BCUT2D eigenvalue weighted by atomic mass is 9.81. The number of sulfone groups is 1. The first kappa shape index (κ1) is 22.2. The van der Waals surface area contributed by atoms with Crippen LogP contribution in [-0.2, 0) is 21.1 Å². The smallest absolute Gasteiger partial charge is 0.171 e. The van der Waals surface area contributed by atoms with Crippen LogP contribution in [0.15, 0.2) is 42.7 Å². The van der Waals surface area contributed by atoms with E-state index in [1.54, 1.807) is 25.4 Å². The molecule has 0 radical (unpaired) electrons. The fourth-order valence-corrected chi connectivity index (χ4v) is 5.84. The topological polar surface area (TPSA) is 139 Å². The van der Waals surface area contributed by atoms with E-state index in [0.29, 0.717) is 36.0 Å². The highest BCUT2D eigenvalue weighted by atomic mass is 32.2. The average molecular weight is 472 g/mol. The lowest BCUT2D eigenvalue weighted by Crippen LogP contribution is -2.44. The number of nitrogens with zero attached hydrogens (tertiary/aromatic N) is 3. The van der Waals surface area contributed by atoms with Crippen LogP contribution < -0.4 is 16.4 Å². The lowest BCUT2D eigenvalue weighted by molar-refractivity contribution is 0.337. The van der Waals surface area contributed by atoms with E-state index in [4.69, 9.17) is 18.0 Å². The van der Waals surface area contributed by atoms with E-state index in [2.05, 4.69) is 30.6 Å². The van der Waals surface area contributed by atoms with Gasteiger partial charge in [0, 0.05) is 35.5 Å². The Morgan fingerprint density at radius 1 is 1.25 bits per heavy atom. The number of hydrogen-bond acceptors (Lipinski definition) is 7. The van der Waals surface area contributed by atoms with Gasteiger partial charge in [0.25, 0.3) is 0 Å². The van der Waals surface area contributed by atoms with Crippen LogP contribution in [0.5, 0.6) is 0 Å². The molecule has 32 heavy (non-hydrogen) atoms. The first-order valence-electron chi connectivity index (χ1n) is 10.3. The molecule has 2 aromatic heterocycles. The summed E-state index contributed by atoms with van der Waals surface area (Å²) >= 11 is 5.31. The number of anilines is 2. The molecule has 4 rings (SSSR count). The van der Waals surface area contributed by atoms with Gasteiger partial charge in [-0.25, -0.2) is 23.4 Å². The molecule has 0 bridgehead atoms. The zero-order valence-corrected chi connectivity index (χ0v) is 19.3. The highest BCUT2D eigenvalue weighted by molar-refractivity contribution is 7.92. The normalized spacial score (nSPS) is 15.0. The van der Waals surface area contributed by atoms with Crippen molar-refractivity contribution >= 4 is 38.7 Å². The van der Waals surface area contributed by atoms with Crippen LogP contribution in [0, 0.1) is 0 Å².